The maximum atomic E-state index is 5.63. The number of aliphatic imine (C=N–C) groups is 3. The first-order valence-corrected chi connectivity index (χ1v) is 30.0. The van der Waals surface area contributed by atoms with E-state index in [0.29, 0.717) is 5.84 Å². The minimum Gasteiger partial charge on any atom is -0.350 e. The number of benzene rings is 10. The highest BCUT2D eigenvalue weighted by Crippen LogP contribution is 2.59. The highest BCUT2D eigenvalue weighted by Gasteiger charge is 2.43. The van der Waals surface area contributed by atoms with Crippen LogP contribution in [0.4, 0.5) is 0 Å². The summed E-state index contributed by atoms with van der Waals surface area (Å²) in [6.07, 6.45) is 5.71. The Kier molecular flexibility index (Phi) is 11.1. The molecule has 3 aromatic heterocycles. The fourth-order valence-electron chi connectivity index (χ4n) is 14.1. The Hall–Kier alpha value is -9.93. The van der Waals surface area contributed by atoms with Gasteiger partial charge in [-0.3, -0.25) is 5.32 Å². The van der Waals surface area contributed by atoms with Gasteiger partial charge in [0.05, 0.1) is 32.6 Å². The molecule has 17 rings (SSSR count). The molecule has 0 saturated heterocycles. The number of nitrogens with zero attached hydrogens (tertiary/aromatic N) is 5. The van der Waals surface area contributed by atoms with Crippen molar-refractivity contribution in [1.82, 2.24) is 25.1 Å². The molecule has 402 valence electrons. The number of hydrogen-bond acceptors (Lipinski definition) is 7. The predicted octanol–water partition coefficient (Wildman–Crippen LogP) is 17.2. The Morgan fingerprint density at radius 2 is 1.20 bits per heavy atom. The topological polar surface area (TPSA) is 83.0 Å². The zero-order valence-corrected chi connectivity index (χ0v) is 47.2. The summed E-state index contributed by atoms with van der Waals surface area (Å²) in [6, 6.07) is 83.1. The number of nitrogens with one attached hydrogen (secondary N) is 3. The monoisotopic (exact) mass is 1100 g/mol. The Balaban J connectivity index is 1.00. The maximum absolute atomic E-state index is 5.63. The zero-order chi connectivity index (χ0) is 55.6. The van der Waals surface area contributed by atoms with Crippen molar-refractivity contribution in [3.8, 4) is 22.5 Å². The number of thiophene rings is 1. The van der Waals surface area contributed by atoms with Crippen LogP contribution >= 0.6 is 11.3 Å². The summed E-state index contributed by atoms with van der Waals surface area (Å²) in [5.41, 5.74) is 19.4. The van der Waals surface area contributed by atoms with Crippen LogP contribution in [-0.4, -0.2) is 26.6 Å². The second-order valence-electron chi connectivity index (χ2n) is 23.0. The molecule has 9 heteroatoms. The van der Waals surface area contributed by atoms with Crippen LogP contribution in [0.15, 0.2) is 252 Å². The first-order valence-electron chi connectivity index (χ1n) is 29.2. The van der Waals surface area contributed by atoms with E-state index in [1.807, 2.05) is 17.4 Å². The van der Waals surface area contributed by atoms with E-state index in [0.717, 1.165) is 69.1 Å². The smallest absolute Gasteiger partial charge is 0.159 e. The Morgan fingerprint density at radius 3 is 2.00 bits per heavy atom. The third-order valence-corrected chi connectivity index (χ3v) is 19.1. The lowest BCUT2D eigenvalue weighted by molar-refractivity contribution is 0.409. The number of para-hydroxylation sites is 1. The quantitative estimate of drug-likeness (QED) is 0.142. The fourth-order valence-corrected chi connectivity index (χ4v) is 15.3. The molecule has 3 N–H and O–H groups in total. The van der Waals surface area contributed by atoms with Gasteiger partial charge in [0.25, 0.3) is 0 Å². The van der Waals surface area contributed by atoms with Gasteiger partial charge in [0.15, 0.2) is 5.84 Å². The van der Waals surface area contributed by atoms with Crippen LogP contribution < -0.4 is 16.0 Å². The summed E-state index contributed by atoms with van der Waals surface area (Å²) in [6.45, 7) is 4.89. The van der Waals surface area contributed by atoms with Crippen LogP contribution in [0.1, 0.15) is 94.5 Å². The molecule has 0 saturated carbocycles. The molecule has 2 aliphatic heterocycles. The average molecular weight is 1100 g/mol. The average Bonchev–Trinajstić information content (AvgIpc) is 1.59. The molecule has 0 amide bonds. The predicted molar refractivity (Wildman–Crippen MR) is 348 cm³/mol. The van der Waals surface area contributed by atoms with Crippen molar-refractivity contribution >= 4 is 87.8 Å². The lowest BCUT2D eigenvalue weighted by Crippen LogP contribution is -2.45. The molecule has 2 aliphatic carbocycles. The lowest BCUT2D eigenvalue weighted by atomic mass is 9.80. The maximum Gasteiger partial charge on any atom is 0.159 e. The second-order valence-corrected chi connectivity index (χ2v) is 24.1. The van der Waals surface area contributed by atoms with E-state index < -0.39 is 6.17 Å². The van der Waals surface area contributed by atoms with Crippen LogP contribution in [-0.2, 0) is 11.8 Å². The van der Waals surface area contributed by atoms with Crippen LogP contribution in [0.2, 0.25) is 0 Å². The van der Waals surface area contributed by atoms with Gasteiger partial charge in [0, 0.05) is 70.6 Å². The van der Waals surface area contributed by atoms with Crippen molar-refractivity contribution < 1.29 is 0 Å². The van der Waals surface area contributed by atoms with Gasteiger partial charge in [0.2, 0.25) is 0 Å². The van der Waals surface area contributed by atoms with Crippen molar-refractivity contribution in [3.63, 3.8) is 0 Å². The van der Waals surface area contributed by atoms with E-state index in [4.69, 9.17) is 15.0 Å². The highest BCUT2D eigenvalue weighted by molar-refractivity contribution is 7.26. The molecule has 0 radical (unpaired) electrons. The standard InChI is InChI=1S/C75H56N8S/c1-75(2)56-37-19-15-33-52(56)62-65(75)63-53-34-16-20-38-57(53)82(67(63)64-54-35-17-21-39-58(54)83(66(62)64)60-40-23-36-51-50-32-18-22-41-61(50)84-68(51)60)59-43-42-49(73-78-69(45-24-7-3-8-25-45)76-70(79-73)46-26-9-4-10-27-46)44-55(59)74-80-71(47-28-11-5-12-29-47)77-72(81-74)48-30-13-6-14-31-48/h3-20,22-38,40-44,69-71,76H,21,39H2,1-2H3,(H,78,79)(H,77,80,81). The second kappa shape index (κ2) is 19.1. The third kappa shape index (κ3) is 7.45. The number of aromatic nitrogens is 2. The van der Waals surface area contributed by atoms with Gasteiger partial charge < -0.3 is 19.8 Å². The highest BCUT2D eigenvalue weighted by atomic mass is 32.1. The van der Waals surface area contributed by atoms with Crippen molar-refractivity contribution in [3.05, 3.63) is 292 Å². The molecule has 0 spiro atoms. The van der Waals surface area contributed by atoms with E-state index in [2.05, 4.69) is 276 Å². The van der Waals surface area contributed by atoms with Crippen LogP contribution in [0, 0.1) is 0 Å². The summed E-state index contributed by atoms with van der Waals surface area (Å²) >= 11 is 1.90. The third-order valence-electron chi connectivity index (χ3n) is 17.9. The number of fused-ring (bicyclic) bond motifs is 15. The van der Waals surface area contributed by atoms with Crippen LogP contribution in [0.3, 0.4) is 0 Å². The first-order chi connectivity index (χ1) is 41.4. The summed E-state index contributed by atoms with van der Waals surface area (Å²) in [5.74, 6) is 2.16. The van der Waals surface area contributed by atoms with Crippen LogP contribution in [0.5, 0.6) is 0 Å². The summed E-state index contributed by atoms with van der Waals surface area (Å²) in [7, 11) is 0. The van der Waals surface area contributed by atoms with E-state index in [-0.39, 0.29) is 17.7 Å². The molecular weight excluding hydrogens is 1040 g/mol. The van der Waals surface area contributed by atoms with Crippen molar-refractivity contribution in [2.75, 3.05) is 0 Å². The minimum atomic E-state index is -0.431. The Labute approximate surface area is 490 Å². The zero-order valence-electron chi connectivity index (χ0n) is 46.4. The van der Waals surface area contributed by atoms with Crippen LogP contribution in [0.25, 0.3) is 81.5 Å². The van der Waals surface area contributed by atoms with Gasteiger partial charge in [-0.25, -0.2) is 15.0 Å². The van der Waals surface area contributed by atoms with E-state index in [1.165, 1.54) is 86.6 Å². The van der Waals surface area contributed by atoms with Crippen molar-refractivity contribution in [2.45, 2.75) is 50.6 Å². The van der Waals surface area contributed by atoms with Gasteiger partial charge >= 0.3 is 0 Å². The molecule has 5 heterocycles. The number of hydrogen-bond donors (Lipinski definition) is 3. The molecule has 0 fully saturated rings. The molecule has 3 unspecified atom stereocenters. The molecule has 3 atom stereocenters. The molecule has 10 aromatic carbocycles. The molecule has 13 aromatic rings. The summed E-state index contributed by atoms with van der Waals surface area (Å²) in [4.78, 5) is 16.5. The largest absolute Gasteiger partial charge is 0.350 e. The van der Waals surface area contributed by atoms with E-state index in [9.17, 15) is 0 Å². The Morgan fingerprint density at radius 1 is 0.524 bits per heavy atom. The fraction of sp³-hybridized carbons (Fsp3) is 0.107. The normalized spacial score (nSPS) is 17.8. The molecule has 8 nitrogen and oxygen atoms in total. The van der Waals surface area contributed by atoms with Gasteiger partial charge in [0.1, 0.15) is 30.2 Å². The molecule has 0 bridgehead atoms. The number of amidine groups is 3. The van der Waals surface area contributed by atoms with Gasteiger partial charge in [-0.05, 0) is 82.6 Å². The molecular formula is C75H56N8S. The minimum absolute atomic E-state index is 0.224. The van der Waals surface area contributed by atoms with Gasteiger partial charge in [-0.1, -0.05) is 220 Å². The van der Waals surface area contributed by atoms with Crippen molar-refractivity contribution in [2.24, 2.45) is 15.0 Å². The van der Waals surface area contributed by atoms with Crippen molar-refractivity contribution in [1.29, 1.82) is 0 Å². The SMILES string of the molecule is CC1(C)c2ccccc2-c2c1c1c3ccccc3n(-c3ccc(C4=NC(c5ccccc5)NC(c5ccccc5)N4)cc3C3=NC(c4ccccc4)=NC(c4ccccc4)N3)c1c1c3c(n(-c4cccc5c4sc4ccccc45)c21)CCC=C3. The first kappa shape index (κ1) is 48.7. The summed E-state index contributed by atoms with van der Waals surface area (Å²) < 4.78 is 7.88. The number of rotatable bonds is 8. The Bertz CT molecular complexity index is 4970. The van der Waals surface area contributed by atoms with E-state index >= 15 is 0 Å². The van der Waals surface area contributed by atoms with Gasteiger partial charge in [-0.15, -0.1) is 11.3 Å². The van der Waals surface area contributed by atoms with Gasteiger partial charge in [-0.2, -0.15) is 0 Å². The molecule has 84 heavy (non-hydrogen) atoms. The molecule has 4 aliphatic rings. The number of allylic oxidation sites excluding steroid dienone is 1. The lowest BCUT2D eigenvalue weighted by Gasteiger charge is -2.32. The summed E-state index contributed by atoms with van der Waals surface area (Å²) in [5, 5.41) is 18.0. The van der Waals surface area contributed by atoms with E-state index in [1.54, 1.807) is 0 Å².